The quantitative estimate of drug-likeness (QED) is 0.517. The molecule has 1 aromatic heterocycles. The number of carboxylic acid groups (broad SMARTS) is 1. The Morgan fingerprint density at radius 1 is 1.21 bits per heavy atom. The molecule has 1 aromatic carbocycles. The third-order valence-corrected chi connectivity index (χ3v) is 7.21. The first-order valence-corrected chi connectivity index (χ1v) is 12.2. The Morgan fingerprint density at radius 2 is 1.97 bits per heavy atom. The van der Waals surface area contributed by atoms with E-state index >= 15 is 0 Å². The van der Waals surface area contributed by atoms with Crippen molar-refractivity contribution in [2.45, 2.75) is 76.7 Å². The summed E-state index contributed by atoms with van der Waals surface area (Å²) >= 11 is 0. The van der Waals surface area contributed by atoms with E-state index in [9.17, 15) is 9.90 Å². The van der Waals surface area contributed by atoms with Crippen molar-refractivity contribution in [1.29, 1.82) is 5.26 Å². The average molecular weight is 447 g/mol. The smallest absolute Gasteiger partial charge is 0.314 e. The van der Waals surface area contributed by atoms with Crippen LogP contribution in [0, 0.1) is 17.2 Å². The molecule has 1 heterocycles. The van der Waals surface area contributed by atoms with Gasteiger partial charge in [0.05, 0.1) is 22.4 Å². The predicted octanol–water partition coefficient (Wildman–Crippen LogP) is 6.00. The lowest BCUT2D eigenvalue weighted by Crippen LogP contribution is -2.42. The van der Waals surface area contributed by atoms with Crippen molar-refractivity contribution in [2.24, 2.45) is 5.92 Å². The van der Waals surface area contributed by atoms with E-state index in [-0.39, 0.29) is 0 Å². The number of carboxylic acids is 1. The number of rotatable bonds is 8. The summed E-state index contributed by atoms with van der Waals surface area (Å²) in [7, 11) is 0. The number of carbonyl (C=O) groups is 1. The molecule has 2 fully saturated rings. The number of anilines is 3. The maximum atomic E-state index is 12.2. The van der Waals surface area contributed by atoms with Crippen LogP contribution < -0.4 is 10.2 Å². The van der Waals surface area contributed by atoms with Crippen LogP contribution in [0.5, 0.6) is 0 Å². The van der Waals surface area contributed by atoms with Gasteiger partial charge in [-0.2, -0.15) is 5.26 Å². The van der Waals surface area contributed by atoms with Crippen molar-refractivity contribution in [3.63, 3.8) is 0 Å². The Morgan fingerprint density at radius 3 is 2.52 bits per heavy atom. The fraction of sp³-hybridized carbons (Fsp3) is 0.519. The summed E-state index contributed by atoms with van der Waals surface area (Å²) in [5, 5.41) is 22.6. The van der Waals surface area contributed by atoms with Gasteiger partial charge in [-0.25, -0.2) is 4.98 Å². The molecule has 174 valence electrons. The van der Waals surface area contributed by atoms with Crippen molar-refractivity contribution >= 4 is 23.2 Å². The molecule has 0 saturated heterocycles. The van der Waals surface area contributed by atoms with Crippen molar-refractivity contribution in [3.8, 4) is 6.07 Å². The standard InChI is InChI=1S/C27H34N4O2/c1-19(2)18-31(22-7-4-3-5-8-22)24-11-10-21(27(26(32)33)13-6-14-27)15-23(24)30-25-12-9-20(16-28)17-29-25/h9-12,15,17,19,22H,3-8,13-14,18H2,1-2H3,(H,29,30)(H,32,33). The molecule has 0 spiro atoms. The molecular weight excluding hydrogens is 412 g/mol. The van der Waals surface area contributed by atoms with Crippen LogP contribution in [-0.2, 0) is 10.2 Å². The van der Waals surface area contributed by atoms with Gasteiger partial charge in [-0.3, -0.25) is 4.79 Å². The van der Waals surface area contributed by atoms with E-state index in [1.807, 2.05) is 12.1 Å². The van der Waals surface area contributed by atoms with Crippen LogP contribution >= 0.6 is 0 Å². The van der Waals surface area contributed by atoms with Crippen molar-refractivity contribution < 1.29 is 9.90 Å². The molecule has 0 bridgehead atoms. The molecule has 2 aliphatic rings. The monoisotopic (exact) mass is 446 g/mol. The Hall–Kier alpha value is -3.07. The summed E-state index contributed by atoms with van der Waals surface area (Å²) in [4.78, 5) is 19.1. The molecule has 6 heteroatoms. The molecule has 0 atom stereocenters. The van der Waals surface area contributed by atoms with Gasteiger partial charge < -0.3 is 15.3 Å². The van der Waals surface area contributed by atoms with Crippen molar-refractivity contribution in [1.82, 2.24) is 4.98 Å². The Balaban J connectivity index is 1.76. The van der Waals surface area contributed by atoms with Crippen LogP contribution in [0.3, 0.4) is 0 Å². The summed E-state index contributed by atoms with van der Waals surface area (Å²) in [6, 6.07) is 12.3. The third kappa shape index (κ3) is 4.83. The first-order chi connectivity index (χ1) is 15.9. The molecule has 2 N–H and O–H groups in total. The Kier molecular flexibility index (Phi) is 6.88. The summed E-state index contributed by atoms with van der Waals surface area (Å²) in [5.74, 6) is 0.415. The first-order valence-electron chi connectivity index (χ1n) is 12.2. The number of hydrogen-bond donors (Lipinski definition) is 2. The lowest BCUT2D eigenvalue weighted by Gasteiger charge is -2.41. The number of nitrogens with one attached hydrogen (secondary N) is 1. The van der Waals surface area contributed by atoms with Gasteiger partial charge in [0, 0.05) is 18.8 Å². The summed E-state index contributed by atoms with van der Waals surface area (Å²) in [6.45, 7) is 5.43. The molecule has 33 heavy (non-hydrogen) atoms. The number of nitriles is 1. The highest BCUT2D eigenvalue weighted by Gasteiger charge is 2.46. The van der Waals surface area contributed by atoms with Gasteiger partial charge in [-0.1, -0.05) is 45.6 Å². The lowest BCUT2D eigenvalue weighted by molar-refractivity contribution is -0.147. The van der Waals surface area contributed by atoms with E-state index in [4.69, 9.17) is 5.26 Å². The molecule has 0 aliphatic heterocycles. The molecule has 0 radical (unpaired) electrons. The van der Waals surface area contributed by atoms with E-state index in [2.05, 4.69) is 41.2 Å². The third-order valence-electron chi connectivity index (χ3n) is 7.21. The van der Waals surface area contributed by atoms with Gasteiger partial charge in [0.15, 0.2) is 0 Å². The zero-order valence-corrected chi connectivity index (χ0v) is 19.7. The van der Waals surface area contributed by atoms with Crippen LogP contribution in [0.2, 0.25) is 0 Å². The molecule has 6 nitrogen and oxygen atoms in total. The maximum Gasteiger partial charge on any atom is 0.314 e. The molecule has 2 aliphatic carbocycles. The van der Waals surface area contributed by atoms with E-state index in [0.29, 0.717) is 36.2 Å². The summed E-state index contributed by atoms with van der Waals surface area (Å²) in [6.07, 6.45) is 10.0. The minimum absolute atomic E-state index is 0.485. The molecule has 2 saturated carbocycles. The minimum atomic E-state index is -0.791. The number of hydrogen-bond acceptors (Lipinski definition) is 5. The Bertz CT molecular complexity index is 1020. The van der Waals surface area contributed by atoms with E-state index in [1.54, 1.807) is 18.3 Å². The van der Waals surface area contributed by atoms with Crippen molar-refractivity contribution in [3.05, 3.63) is 47.7 Å². The molecule has 0 amide bonds. The fourth-order valence-corrected chi connectivity index (χ4v) is 5.24. The first kappa shape index (κ1) is 23.1. The highest BCUT2D eigenvalue weighted by Crippen LogP contribution is 2.46. The largest absolute Gasteiger partial charge is 0.481 e. The maximum absolute atomic E-state index is 12.2. The number of aliphatic carboxylic acids is 1. The Labute approximate surface area is 196 Å². The van der Waals surface area contributed by atoms with E-state index in [1.165, 1.54) is 32.1 Å². The second kappa shape index (κ2) is 9.82. The van der Waals surface area contributed by atoms with Gasteiger partial charge in [0.1, 0.15) is 11.9 Å². The van der Waals surface area contributed by atoms with Crippen molar-refractivity contribution in [2.75, 3.05) is 16.8 Å². The van der Waals surface area contributed by atoms with Crippen LogP contribution in [0.15, 0.2) is 36.5 Å². The van der Waals surface area contributed by atoms with Gasteiger partial charge in [0.2, 0.25) is 0 Å². The van der Waals surface area contributed by atoms with Crippen LogP contribution in [-0.4, -0.2) is 28.6 Å². The second-order valence-corrected chi connectivity index (χ2v) is 9.98. The number of benzene rings is 1. The van der Waals surface area contributed by atoms with Gasteiger partial charge in [-0.05, 0) is 61.4 Å². The average Bonchev–Trinajstić information content (AvgIpc) is 2.78. The summed E-state index contributed by atoms with van der Waals surface area (Å²) in [5.41, 5.74) is 2.57. The van der Waals surface area contributed by atoms with E-state index < -0.39 is 11.4 Å². The zero-order valence-electron chi connectivity index (χ0n) is 19.7. The van der Waals surface area contributed by atoms with Gasteiger partial charge in [0.25, 0.3) is 0 Å². The highest BCUT2D eigenvalue weighted by atomic mass is 16.4. The molecule has 0 unspecified atom stereocenters. The highest BCUT2D eigenvalue weighted by molar-refractivity contribution is 5.85. The molecule has 4 rings (SSSR count). The van der Waals surface area contributed by atoms with Gasteiger partial charge >= 0.3 is 5.97 Å². The minimum Gasteiger partial charge on any atom is -0.481 e. The normalized spacial score (nSPS) is 17.8. The van der Waals surface area contributed by atoms with Gasteiger partial charge in [-0.15, -0.1) is 0 Å². The number of aromatic nitrogens is 1. The van der Waals surface area contributed by atoms with E-state index in [0.717, 1.165) is 29.9 Å². The fourth-order valence-electron chi connectivity index (χ4n) is 5.24. The van der Waals surface area contributed by atoms with Crippen LogP contribution in [0.25, 0.3) is 0 Å². The topological polar surface area (TPSA) is 89.3 Å². The lowest BCUT2D eigenvalue weighted by atomic mass is 9.64. The second-order valence-electron chi connectivity index (χ2n) is 9.98. The summed E-state index contributed by atoms with van der Waals surface area (Å²) < 4.78 is 0. The van der Waals surface area contributed by atoms with Crippen LogP contribution in [0.1, 0.15) is 76.3 Å². The SMILES string of the molecule is CC(C)CN(c1ccc(C2(C(=O)O)CCC2)cc1Nc1ccc(C#N)cn1)C1CCCCC1. The molecular formula is C27H34N4O2. The van der Waals surface area contributed by atoms with Crippen LogP contribution in [0.4, 0.5) is 17.2 Å². The predicted molar refractivity (Wildman–Crippen MR) is 131 cm³/mol. The number of pyridine rings is 1. The molecule has 2 aromatic rings. The zero-order chi connectivity index (χ0) is 23.4. The number of nitrogens with zero attached hydrogens (tertiary/aromatic N) is 3.